The highest BCUT2D eigenvalue weighted by Crippen LogP contribution is 2.25. The Morgan fingerprint density at radius 2 is 1.45 bits per heavy atom. The van der Waals surface area contributed by atoms with E-state index in [9.17, 15) is 19.1 Å². The van der Waals surface area contributed by atoms with Gasteiger partial charge in [0.15, 0.2) is 0 Å². The van der Waals surface area contributed by atoms with Gasteiger partial charge in [-0.15, -0.1) is 0 Å². The van der Waals surface area contributed by atoms with Crippen LogP contribution in [0.25, 0.3) is 0 Å². The number of anilines is 1. The third-order valence-corrected chi connectivity index (χ3v) is 5.49. The molecule has 3 rings (SSSR count). The third kappa shape index (κ3) is 6.52. The lowest BCUT2D eigenvalue weighted by molar-refractivity contribution is 0.0683. The minimum atomic E-state index is -1.26. The minimum absolute atomic E-state index is 0.320. The summed E-state index contributed by atoms with van der Waals surface area (Å²) in [5, 5.41) is 17.7. The van der Waals surface area contributed by atoms with Crippen molar-refractivity contribution in [3.05, 3.63) is 62.3 Å². The van der Waals surface area contributed by atoms with Crippen LogP contribution in [-0.4, -0.2) is 59.8 Å². The second-order valence-electron chi connectivity index (χ2n) is 6.32. The molecular formula is C20H21Br2FN2O4. The maximum absolute atomic E-state index is 12.6. The summed E-state index contributed by atoms with van der Waals surface area (Å²) in [5.41, 5.74) is 0.871. The Labute approximate surface area is 185 Å². The fourth-order valence-electron chi connectivity index (χ4n) is 2.92. The summed E-state index contributed by atoms with van der Waals surface area (Å²) in [4.78, 5) is 26.1. The van der Waals surface area contributed by atoms with Crippen molar-refractivity contribution in [3.63, 3.8) is 0 Å². The molecule has 0 aromatic heterocycles. The molecule has 1 aliphatic rings. The molecule has 1 aliphatic heterocycles. The lowest BCUT2D eigenvalue weighted by atomic mass is 10.1. The Kier molecular flexibility index (Phi) is 8.60. The molecule has 0 radical (unpaired) electrons. The highest BCUT2D eigenvalue weighted by molar-refractivity contribution is 9.10. The van der Waals surface area contributed by atoms with E-state index in [4.69, 9.17) is 5.11 Å². The first-order valence-electron chi connectivity index (χ1n) is 8.91. The Bertz CT molecular complexity index is 887. The molecule has 1 saturated heterocycles. The van der Waals surface area contributed by atoms with Crippen molar-refractivity contribution in [2.75, 3.05) is 37.6 Å². The van der Waals surface area contributed by atoms with Gasteiger partial charge in [-0.25, -0.2) is 14.0 Å². The topological polar surface area (TPSA) is 81.1 Å². The number of nitrogens with zero attached hydrogens (tertiary/aromatic N) is 2. The summed E-state index contributed by atoms with van der Waals surface area (Å²) in [5.74, 6) is -2.85. The van der Waals surface area contributed by atoms with Gasteiger partial charge in [-0.3, -0.25) is 0 Å². The zero-order valence-corrected chi connectivity index (χ0v) is 18.9. The molecule has 0 spiro atoms. The number of rotatable bonds is 4. The molecule has 29 heavy (non-hydrogen) atoms. The zero-order valence-electron chi connectivity index (χ0n) is 15.7. The van der Waals surface area contributed by atoms with Crippen molar-refractivity contribution >= 4 is 49.5 Å². The van der Waals surface area contributed by atoms with E-state index < -0.39 is 17.8 Å². The average Bonchev–Trinajstić information content (AvgIpc) is 2.70. The van der Waals surface area contributed by atoms with E-state index >= 15 is 0 Å². The second-order valence-corrected chi connectivity index (χ2v) is 8.15. The van der Waals surface area contributed by atoms with E-state index in [0.29, 0.717) is 10.0 Å². The number of carboxylic acids is 2. The largest absolute Gasteiger partial charge is 0.478 e. The van der Waals surface area contributed by atoms with Crippen molar-refractivity contribution in [2.24, 2.45) is 0 Å². The number of halogens is 3. The predicted molar refractivity (Wildman–Crippen MR) is 116 cm³/mol. The predicted octanol–water partition coefficient (Wildman–Crippen LogP) is 4.58. The molecule has 6 nitrogen and oxygen atoms in total. The first-order valence-corrected chi connectivity index (χ1v) is 10.5. The molecule has 0 saturated carbocycles. The molecule has 9 heteroatoms. The molecule has 156 valence electrons. The number of benzene rings is 2. The quantitative estimate of drug-likeness (QED) is 0.601. The van der Waals surface area contributed by atoms with Crippen LogP contribution in [0.1, 0.15) is 27.6 Å². The number of piperazine rings is 1. The summed E-state index contributed by atoms with van der Waals surface area (Å²) in [6.07, 6.45) is 0. The second kappa shape index (κ2) is 10.7. The van der Waals surface area contributed by atoms with Gasteiger partial charge in [-0.05, 0) is 42.9 Å². The smallest absolute Gasteiger partial charge is 0.338 e. The van der Waals surface area contributed by atoms with Crippen molar-refractivity contribution in [3.8, 4) is 0 Å². The SMILES string of the molecule is CCN1CCN(c2ccc(Br)cc2C(=O)O)CC1.O=C(O)c1cc(Br)ccc1F. The summed E-state index contributed by atoms with van der Waals surface area (Å²) < 4.78 is 14.0. The lowest BCUT2D eigenvalue weighted by Crippen LogP contribution is -2.46. The molecule has 1 heterocycles. The van der Waals surface area contributed by atoms with Crippen LogP contribution in [0, 0.1) is 5.82 Å². The van der Waals surface area contributed by atoms with Crippen LogP contribution in [-0.2, 0) is 0 Å². The highest BCUT2D eigenvalue weighted by atomic mass is 79.9. The van der Waals surface area contributed by atoms with E-state index in [1.807, 2.05) is 12.1 Å². The van der Waals surface area contributed by atoms with Gasteiger partial charge in [0, 0.05) is 35.1 Å². The molecule has 0 aliphatic carbocycles. The number of likely N-dealkylation sites (N-methyl/N-ethyl adjacent to an activating group) is 1. The van der Waals surface area contributed by atoms with Crippen molar-refractivity contribution in [1.82, 2.24) is 4.90 Å². The van der Waals surface area contributed by atoms with Crippen LogP contribution in [0.3, 0.4) is 0 Å². The van der Waals surface area contributed by atoms with Crippen molar-refractivity contribution < 1.29 is 24.2 Å². The maximum atomic E-state index is 12.6. The minimum Gasteiger partial charge on any atom is -0.478 e. The Hall–Kier alpha value is -1.97. The number of carboxylic acid groups (broad SMARTS) is 2. The van der Waals surface area contributed by atoms with E-state index in [2.05, 4.69) is 48.6 Å². The van der Waals surface area contributed by atoms with E-state index in [1.165, 1.54) is 12.1 Å². The summed E-state index contributed by atoms with van der Waals surface area (Å²) in [6, 6.07) is 9.22. The monoisotopic (exact) mass is 530 g/mol. The highest BCUT2D eigenvalue weighted by Gasteiger charge is 2.20. The molecular weight excluding hydrogens is 511 g/mol. The molecule has 2 aromatic rings. The molecule has 2 N–H and O–H groups in total. The first kappa shape index (κ1) is 23.3. The lowest BCUT2D eigenvalue weighted by Gasteiger charge is -2.36. The average molecular weight is 532 g/mol. The first-order chi connectivity index (χ1) is 13.7. The standard InChI is InChI=1S/C13H17BrN2O2.C7H4BrFO2/c1-2-15-5-7-16(8-6-15)12-4-3-10(14)9-11(12)13(17)18;8-4-1-2-6(9)5(3-4)7(10)11/h3-4,9H,2,5-8H2,1H3,(H,17,18);1-3H,(H,10,11). The number of aromatic carboxylic acids is 2. The van der Waals surface area contributed by atoms with Crippen LogP contribution in [0.2, 0.25) is 0 Å². The molecule has 0 bridgehead atoms. The van der Waals surface area contributed by atoms with Gasteiger partial charge in [0.25, 0.3) is 0 Å². The molecule has 0 amide bonds. The van der Waals surface area contributed by atoms with Gasteiger partial charge in [0.1, 0.15) is 5.82 Å². The Morgan fingerprint density at radius 1 is 0.931 bits per heavy atom. The summed E-state index contributed by atoms with van der Waals surface area (Å²) >= 11 is 6.35. The number of hydrogen-bond donors (Lipinski definition) is 2. The maximum Gasteiger partial charge on any atom is 0.338 e. The number of hydrogen-bond acceptors (Lipinski definition) is 4. The van der Waals surface area contributed by atoms with Gasteiger partial charge in [-0.2, -0.15) is 0 Å². The normalized spacial score (nSPS) is 14.1. The van der Waals surface area contributed by atoms with Crippen LogP contribution in [0.5, 0.6) is 0 Å². The van der Waals surface area contributed by atoms with Gasteiger partial charge >= 0.3 is 11.9 Å². The number of carbonyl (C=O) groups is 2. The fraction of sp³-hybridized carbons (Fsp3) is 0.300. The van der Waals surface area contributed by atoms with Gasteiger partial charge in [0.05, 0.1) is 16.8 Å². The Balaban J connectivity index is 0.000000234. The van der Waals surface area contributed by atoms with Crippen LogP contribution in [0.4, 0.5) is 10.1 Å². The molecule has 0 unspecified atom stereocenters. The fourth-order valence-corrected chi connectivity index (χ4v) is 3.64. The van der Waals surface area contributed by atoms with Gasteiger partial charge < -0.3 is 20.0 Å². The van der Waals surface area contributed by atoms with E-state index in [0.717, 1.165) is 49.0 Å². The van der Waals surface area contributed by atoms with Crippen LogP contribution < -0.4 is 4.90 Å². The van der Waals surface area contributed by atoms with Gasteiger partial charge in [-0.1, -0.05) is 38.8 Å². The molecule has 2 aromatic carbocycles. The Morgan fingerprint density at radius 3 is 1.93 bits per heavy atom. The third-order valence-electron chi connectivity index (χ3n) is 4.51. The molecule has 0 atom stereocenters. The van der Waals surface area contributed by atoms with Crippen LogP contribution in [0.15, 0.2) is 45.3 Å². The zero-order chi connectivity index (χ0) is 21.6. The van der Waals surface area contributed by atoms with Crippen LogP contribution >= 0.6 is 31.9 Å². The van der Waals surface area contributed by atoms with E-state index in [-0.39, 0.29) is 5.56 Å². The van der Waals surface area contributed by atoms with Crippen molar-refractivity contribution in [1.29, 1.82) is 0 Å². The summed E-state index contributed by atoms with van der Waals surface area (Å²) in [6.45, 7) is 6.96. The van der Waals surface area contributed by atoms with Gasteiger partial charge in [0.2, 0.25) is 0 Å². The van der Waals surface area contributed by atoms with Crippen molar-refractivity contribution in [2.45, 2.75) is 6.92 Å². The molecule has 1 fully saturated rings. The summed E-state index contributed by atoms with van der Waals surface area (Å²) in [7, 11) is 0. The van der Waals surface area contributed by atoms with E-state index in [1.54, 1.807) is 6.07 Å².